The summed E-state index contributed by atoms with van der Waals surface area (Å²) in [6.07, 6.45) is 3.17. The van der Waals surface area contributed by atoms with Crippen molar-refractivity contribution in [1.82, 2.24) is 25.4 Å². The Morgan fingerprint density at radius 1 is 1.29 bits per heavy atom. The Morgan fingerprint density at radius 3 is 2.64 bits per heavy atom. The number of guanidine groups is 1. The highest BCUT2D eigenvalue weighted by molar-refractivity contribution is 14.0. The standard InChI is InChI=1S/C18H26Cl2N6S.HI/c1-12(14-6-7-15(19)16(20)10-14)23-18(21-8-5-9-27-4)22-11-17-25-24-13(2)26(17)3;/h6-7,10,12H,5,8-9,11H2,1-4H3,(H2,21,22,23);1H. The lowest BCUT2D eigenvalue weighted by Crippen LogP contribution is -2.39. The van der Waals surface area contributed by atoms with Crippen LogP contribution in [0.3, 0.4) is 0 Å². The molecule has 0 fully saturated rings. The molecule has 6 nitrogen and oxygen atoms in total. The first kappa shape index (κ1) is 25.3. The molecule has 0 bridgehead atoms. The van der Waals surface area contributed by atoms with Gasteiger partial charge in [0.2, 0.25) is 0 Å². The molecule has 1 atom stereocenters. The molecule has 0 saturated heterocycles. The Hall–Kier alpha value is -0.710. The number of aromatic nitrogens is 3. The van der Waals surface area contributed by atoms with Crippen molar-refractivity contribution in [1.29, 1.82) is 0 Å². The summed E-state index contributed by atoms with van der Waals surface area (Å²) >= 11 is 14.0. The molecule has 1 heterocycles. The van der Waals surface area contributed by atoms with Crippen LogP contribution in [0.15, 0.2) is 23.2 Å². The minimum absolute atomic E-state index is 0. The highest BCUT2D eigenvalue weighted by Crippen LogP contribution is 2.25. The van der Waals surface area contributed by atoms with E-state index in [1.165, 1.54) is 0 Å². The molecule has 0 spiro atoms. The second-order valence-corrected chi connectivity index (χ2v) is 8.00. The van der Waals surface area contributed by atoms with Crippen molar-refractivity contribution in [2.24, 2.45) is 12.0 Å². The second-order valence-electron chi connectivity index (χ2n) is 6.20. The van der Waals surface area contributed by atoms with Gasteiger partial charge in [-0.25, -0.2) is 4.99 Å². The van der Waals surface area contributed by atoms with E-state index in [0.717, 1.165) is 41.9 Å². The van der Waals surface area contributed by atoms with E-state index in [1.807, 2.05) is 48.5 Å². The van der Waals surface area contributed by atoms with Crippen LogP contribution < -0.4 is 10.6 Å². The van der Waals surface area contributed by atoms with Crippen LogP contribution in [-0.2, 0) is 13.6 Å². The first-order valence-electron chi connectivity index (χ1n) is 8.76. The van der Waals surface area contributed by atoms with Crippen molar-refractivity contribution < 1.29 is 0 Å². The minimum Gasteiger partial charge on any atom is -0.356 e. The van der Waals surface area contributed by atoms with Crippen molar-refractivity contribution in [3.05, 3.63) is 45.5 Å². The van der Waals surface area contributed by atoms with Gasteiger partial charge >= 0.3 is 0 Å². The predicted octanol–water partition coefficient (Wildman–Crippen LogP) is 4.60. The summed E-state index contributed by atoms with van der Waals surface area (Å²) in [5, 5.41) is 16.2. The summed E-state index contributed by atoms with van der Waals surface area (Å²) < 4.78 is 1.94. The molecule has 0 amide bonds. The number of halogens is 3. The number of thioether (sulfide) groups is 1. The largest absolute Gasteiger partial charge is 0.356 e. The first-order valence-corrected chi connectivity index (χ1v) is 10.9. The van der Waals surface area contributed by atoms with Gasteiger partial charge in [0.05, 0.1) is 16.1 Å². The smallest absolute Gasteiger partial charge is 0.192 e. The van der Waals surface area contributed by atoms with E-state index < -0.39 is 0 Å². The molecule has 1 aromatic heterocycles. The highest BCUT2D eigenvalue weighted by Gasteiger charge is 2.11. The third kappa shape index (κ3) is 7.61. The third-order valence-electron chi connectivity index (χ3n) is 4.18. The lowest BCUT2D eigenvalue weighted by atomic mass is 10.1. The van der Waals surface area contributed by atoms with Crippen LogP contribution in [0.4, 0.5) is 0 Å². The first-order chi connectivity index (χ1) is 12.9. The van der Waals surface area contributed by atoms with E-state index in [-0.39, 0.29) is 30.0 Å². The van der Waals surface area contributed by atoms with Crippen LogP contribution in [0.25, 0.3) is 0 Å². The van der Waals surface area contributed by atoms with Gasteiger partial charge in [0, 0.05) is 13.6 Å². The molecule has 156 valence electrons. The summed E-state index contributed by atoms with van der Waals surface area (Å²) in [7, 11) is 1.94. The van der Waals surface area contributed by atoms with Crippen molar-refractivity contribution in [2.75, 3.05) is 18.6 Å². The Morgan fingerprint density at radius 2 is 2.04 bits per heavy atom. The lowest BCUT2D eigenvalue weighted by molar-refractivity contribution is 0.674. The van der Waals surface area contributed by atoms with Crippen LogP contribution in [-0.4, -0.2) is 39.3 Å². The molecule has 28 heavy (non-hydrogen) atoms. The number of hydrogen-bond acceptors (Lipinski definition) is 4. The normalized spacial score (nSPS) is 12.4. The van der Waals surface area contributed by atoms with Gasteiger partial charge < -0.3 is 15.2 Å². The average molecular weight is 557 g/mol. The molecule has 0 radical (unpaired) electrons. The number of rotatable bonds is 8. The number of nitrogens with one attached hydrogen (secondary N) is 2. The number of aliphatic imine (C=N–C) groups is 1. The lowest BCUT2D eigenvalue weighted by Gasteiger charge is -2.19. The van der Waals surface area contributed by atoms with Crippen LogP contribution in [0.2, 0.25) is 10.0 Å². The topological polar surface area (TPSA) is 67.1 Å². The maximum atomic E-state index is 6.15. The van der Waals surface area contributed by atoms with Crippen LogP contribution >= 0.6 is 58.9 Å². The number of benzene rings is 1. The second kappa shape index (κ2) is 12.8. The predicted molar refractivity (Wildman–Crippen MR) is 131 cm³/mol. The van der Waals surface area contributed by atoms with Crippen molar-refractivity contribution in [3.63, 3.8) is 0 Å². The van der Waals surface area contributed by atoms with Crippen LogP contribution in [0, 0.1) is 6.92 Å². The highest BCUT2D eigenvalue weighted by atomic mass is 127. The van der Waals surface area contributed by atoms with E-state index in [0.29, 0.717) is 16.6 Å². The van der Waals surface area contributed by atoms with Gasteiger partial charge in [-0.05, 0) is 50.0 Å². The Labute approximate surface area is 198 Å². The molecule has 1 unspecified atom stereocenters. The molecular weight excluding hydrogens is 530 g/mol. The maximum absolute atomic E-state index is 6.15. The Kier molecular flexibility index (Phi) is 11.5. The fourth-order valence-electron chi connectivity index (χ4n) is 2.38. The van der Waals surface area contributed by atoms with E-state index in [2.05, 4.69) is 39.0 Å². The van der Waals surface area contributed by atoms with Gasteiger partial charge in [-0.2, -0.15) is 11.8 Å². The monoisotopic (exact) mass is 556 g/mol. The molecule has 0 aliphatic rings. The van der Waals surface area contributed by atoms with Crippen molar-refractivity contribution >= 4 is 64.9 Å². The molecule has 2 rings (SSSR count). The van der Waals surface area contributed by atoms with Gasteiger partial charge in [0.15, 0.2) is 11.8 Å². The fraction of sp³-hybridized carbons (Fsp3) is 0.500. The molecule has 2 N–H and O–H groups in total. The molecule has 1 aromatic carbocycles. The fourth-order valence-corrected chi connectivity index (χ4v) is 3.12. The third-order valence-corrected chi connectivity index (χ3v) is 5.61. The quantitative estimate of drug-likeness (QED) is 0.215. The van der Waals surface area contributed by atoms with E-state index in [4.69, 9.17) is 23.2 Å². The van der Waals surface area contributed by atoms with Gasteiger partial charge in [-0.3, -0.25) is 0 Å². The summed E-state index contributed by atoms with van der Waals surface area (Å²) in [4.78, 5) is 4.68. The molecule has 0 saturated carbocycles. The minimum atomic E-state index is 0. The summed E-state index contributed by atoms with van der Waals surface area (Å²) in [6, 6.07) is 5.66. The average Bonchev–Trinajstić information content (AvgIpc) is 2.97. The molecule has 10 heteroatoms. The van der Waals surface area contributed by atoms with Gasteiger partial charge in [0.25, 0.3) is 0 Å². The molecule has 0 aliphatic carbocycles. The number of hydrogen-bond donors (Lipinski definition) is 2. The maximum Gasteiger partial charge on any atom is 0.192 e. The van der Waals surface area contributed by atoms with E-state index in [1.54, 1.807) is 0 Å². The molecular formula is C18H27Cl2IN6S. The van der Waals surface area contributed by atoms with E-state index >= 15 is 0 Å². The van der Waals surface area contributed by atoms with Gasteiger partial charge in [-0.15, -0.1) is 34.2 Å². The number of aryl methyl sites for hydroxylation is 1. The summed E-state index contributed by atoms with van der Waals surface area (Å²) in [5.41, 5.74) is 1.04. The zero-order chi connectivity index (χ0) is 19.8. The number of nitrogens with zero attached hydrogens (tertiary/aromatic N) is 4. The van der Waals surface area contributed by atoms with E-state index in [9.17, 15) is 0 Å². The molecule has 0 aliphatic heterocycles. The SMILES string of the molecule is CSCCCNC(=NCc1nnc(C)n1C)NC(C)c1ccc(Cl)c(Cl)c1.I. The Balaban J connectivity index is 0.00000392. The summed E-state index contributed by atoms with van der Waals surface area (Å²) in [6.45, 7) is 5.28. The van der Waals surface area contributed by atoms with Crippen molar-refractivity contribution in [2.45, 2.75) is 32.9 Å². The van der Waals surface area contributed by atoms with Crippen molar-refractivity contribution in [3.8, 4) is 0 Å². The van der Waals surface area contributed by atoms with Crippen LogP contribution in [0.1, 0.15) is 36.6 Å². The van der Waals surface area contributed by atoms with Gasteiger partial charge in [-0.1, -0.05) is 29.3 Å². The Bertz CT molecular complexity index is 783. The van der Waals surface area contributed by atoms with Crippen LogP contribution in [0.5, 0.6) is 0 Å². The zero-order valence-electron chi connectivity index (χ0n) is 16.5. The zero-order valence-corrected chi connectivity index (χ0v) is 21.2. The molecule has 2 aromatic rings. The summed E-state index contributed by atoms with van der Waals surface area (Å²) in [5.74, 6) is 3.52. The van der Waals surface area contributed by atoms with Gasteiger partial charge in [0.1, 0.15) is 12.4 Å².